The van der Waals surface area contributed by atoms with Gasteiger partial charge in [-0.1, -0.05) is 29.4 Å². The maximum Gasteiger partial charge on any atom is 0.232 e. The van der Waals surface area contributed by atoms with E-state index in [1.807, 2.05) is 12.1 Å². The number of aliphatic hydroxyl groups is 1. The molecule has 1 aliphatic carbocycles. The molecule has 19 heavy (non-hydrogen) atoms. The molecule has 0 amide bonds. The lowest BCUT2D eigenvalue weighted by Gasteiger charge is -2.07. The molecular formula is C15H18N2O2. The lowest BCUT2D eigenvalue weighted by atomic mass is 10.1. The number of benzene rings is 1. The van der Waals surface area contributed by atoms with Crippen LogP contribution in [0.5, 0.6) is 0 Å². The Hall–Kier alpha value is -1.68. The average molecular weight is 258 g/mol. The highest BCUT2D eigenvalue weighted by Gasteiger charge is 2.31. The van der Waals surface area contributed by atoms with Crippen molar-refractivity contribution in [1.82, 2.24) is 10.1 Å². The molecule has 1 N–H and O–H groups in total. The van der Waals surface area contributed by atoms with Crippen molar-refractivity contribution in [3.8, 4) is 0 Å². The Morgan fingerprint density at radius 1 is 1.32 bits per heavy atom. The van der Waals surface area contributed by atoms with Gasteiger partial charge in [-0.3, -0.25) is 0 Å². The van der Waals surface area contributed by atoms with E-state index in [1.165, 1.54) is 11.1 Å². The topological polar surface area (TPSA) is 59.2 Å². The smallest absolute Gasteiger partial charge is 0.232 e. The number of aromatic nitrogens is 2. The van der Waals surface area contributed by atoms with Crippen molar-refractivity contribution in [1.29, 1.82) is 0 Å². The minimum absolute atomic E-state index is 0.0260. The van der Waals surface area contributed by atoms with E-state index in [2.05, 4.69) is 29.2 Å². The molecule has 0 aliphatic heterocycles. The largest absolute Gasteiger partial charge is 0.392 e. The first-order valence-corrected chi connectivity index (χ1v) is 6.79. The molecule has 0 radical (unpaired) electrons. The summed E-state index contributed by atoms with van der Waals surface area (Å²) in [7, 11) is 0. The van der Waals surface area contributed by atoms with Gasteiger partial charge < -0.3 is 9.63 Å². The Bertz CT molecular complexity index is 565. The molecule has 1 fully saturated rings. The standard InChI is InChI=1S/C15H18N2O2/c1-10-5-2-3-6-11(10)9-14-16-15(19-17-14)12-7-4-8-13(12)18/h2-3,5-6,12-13,18H,4,7-9H2,1H3. The van der Waals surface area contributed by atoms with Crippen molar-refractivity contribution in [2.75, 3.05) is 0 Å². The van der Waals surface area contributed by atoms with E-state index in [9.17, 15) is 5.11 Å². The molecule has 1 saturated carbocycles. The fraction of sp³-hybridized carbons (Fsp3) is 0.467. The molecule has 1 aromatic heterocycles. The first-order valence-electron chi connectivity index (χ1n) is 6.79. The van der Waals surface area contributed by atoms with Crippen LogP contribution in [-0.4, -0.2) is 21.4 Å². The zero-order chi connectivity index (χ0) is 13.2. The molecule has 0 spiro atoms. The van der Waals surface area contributed by atoms with Crippen LogP contribution < -0.4 is 0 Å². The van der Waals surface area contributed by atoms with E-state index in [4.69, 9.17) is 4.52 Å². The van der Waals surface area contributed by atoms with E-state index in [-0.39, 0.29) is 12.0 Å². The summed E-state index contributed by atoms with van der Waals surface area (Å²) in [6.07, 6.45) is 3.15. The molecule has 4 heteroatoms. The Morgan fingerprint density at radius 2 is 2.16 bits per heavy atom. The Labute approximate surface area is 112 Å². The molecule has 0 bridgehead atoms. The Morgan fingerprint density at radius 3 is 2.89 bits per heavy atom. The molecule has 1 aromatic carbocycles. The second-order valence-electron chi connectivity index (χ2n) is 5.26. The lowest BCUT2D eigenvalue weighted by Crippen LogP contribution is -2.11. The summed E-state index contributed by atoms with van der Waals surface area (Å²) in [5, 5.41) is 13.9. The third-order valence-corrected chi connectivity index (χ3v) is 3.89. The number of rotatable bonds is 3. The predicted molar refractivity (Wildman–Crippen MR) is 70.9 cm³/mol. The van der Waals surface area contributed by atoms with Gasteiger partial charge in [-0.05, 0) is 37.3 Å². The highest BCUT2D eigenvalue weighted by atomic mass is 16.5. The van der Waals surface area contributed by atoms with Crippen molar-refractivity contribution in [3.05, 3.63) is 47.1 Å². The predicted octanol–water partition coefficient (Wildman–Crippen LogP) is 2.60. The van der Waals surface area contributed by atoms with Gasteiger partial charge >= 0.3 is 0 Å². The van der Waals surface area contributed by atoms with Crippen LogP contribution in [0.2, 0.25) is 0 Å². The van der Waals surface area contributed by atoms with Gasteiger partial charge in [0.05, 0.1) is 12.0 Å². The molecule has 1 heterocycles. The highest BCUT2D eigenvalue weighted by Crippen LogP contribution is 2.33. The maximum atomic E-state index is 9.86. The lowest BCUT2D eigenvalue weighted by molar-refractivity contribution is 0.148. The molecule has 4 nitrogen and oxygen atoms in total. The van der Waals surface area contributed by atoms with Crippen LogP contribution in [0.25, 0.3) is 0 Å². The second-order valence-corrected chi connectivity index (χ2v) is 5.26. The third-order valence-electron chi connectivity index (χ3n) is 3.89. The zero-order valence-corrected chi connectivity index (χ0v) is 11.0. The van der Waals surface area contributed by atoms with Gasteiger partial charge in [0.1, 0.15) is 0 Å². The summed E-state index contributed by atoms with van der Waals surface area (Å²) in [5.74, 6) is 1.31. The Kier molecular flexibility index (Phi) is 3.34. The van der Waals surface area contributed by atoms with Crippen molar-refractivity contribution >= 4 is 0 Å². The van der Waals surface area contributed by atoms with E-state index >= 15 is 0 Å². The van der Waals surface area contributed by atoms with Crippen LogP contribution >= 0.6 is 0 Å². The number of aryl methyl sites for hydroxylation is 1. The van der Waals surface area contributed by atoms with Gasteiger partial charge in [-0.15, -0.1) is 0 Å². The van der Waals surface area contributed by atoms with Crippen LogP contribution in [0.4, 0.5) is 0 Å². The van der Waals surface area contributed by atoms with E-state index < -0.39 is 0 Å². The summed E-state index contributed by atoms with van der Waals surface area (Å²) < 4.78 is 5.31. The summed E-state index contributed by atoms with van der Waals surface area (Å²) in [5.41, 5.74) is 2.44. The van der Waals surface area contributed by atoms with Gasteiger partial charge in [0.2, 0.25) is 5.89 Å². The summed E-state index contributed by atoms with van der Waals surface area (Å²) in [6, 6.07) is 8.20. The van der Waals surface area contributed by atoms with Gasteiger partial charge in [0.25, 0.3) is 0 Å². The number of nitrogens with zero attached hydrogens (tertiary/aromatic N) is 2. The molecule has 3 rings (SSSR count). The molecular weight excluding hydrogens is 240 g/mol. The quantitative estimate of drug-likeness (QED) is 0.919. The van der Waals surface area contributed by atoms with Crippen molar-refractivity contribution in [2.24, 2.45) is 0 Å². The molecule has 2 unspecified atom stereocenters. The molecule has 0 saturated heterocycles. The summed E-state index contributed by atoms with van der Waals surface area (Å²) in [6.45, 7) is 2.08. The Balaban J connectivity index is 1.77. The number of hydrogen-bond donors (Lipinski definition) is 1. The van der Waals surface area contributed by atoms with E-state index in [0.717, 1.165) is 19.3 Å². The van der Waals surface area contributed by atoms with Crippen LogP contribution in [0.15, 0.2) is 28.8 Å². The van der Waals surface area contributed by atoms with E-state index in [0.29, 0.717) is 18.1 Å². The van der Waals surface area contributed by atoms with Crippen LogP contribution in [0.1, 0.15) is 48.0 Å². The first-order chi connectivity index (χ1) is 9.24. The SMILES string of the molecule is Cc1ccccc1Cc1noc(C2CCCC2O)n1. The van der Waals surface area contributed by atoms with Crippen molar-refractivity contribution in [3.63, 3.8) is 0 Å². The van der Waals surface area contributed by atoms with Gasteiger partial charge in [-0.2, -0.15) is 4.98 Å². The van der Waals surface area contributed by atoms with Gasteiger partial charge in [0.15, 0.2) is 5.82 Å². The monoisotopic (exact) mass is 258 g/mol. The van der Waals surface area contributed by atoms with E-state index in [1.54, 1.807) is 0 Å². The third kappa shape index (κ3) is 2.54. The normalized spacial score (nSPS) is 22.8. The number of aliphatic hydroxyl groups excluding tert-OH is 1. The van der Waals surface area contributed by atoms with Crippen LogP contribution in [-0.2, 0) is 6.42 Å². The summed E-state index contributed by atoms with van der Waals surface area (Å²) in [4.78, 5) is 4.44. The van der Waals surface area contributed by atoms with Gasteiger partial charge in [0, 0.05) is 6.42 Å². The molecule has 100 valence electrons. The second kappa shape index (κ2) is 5.13. The number of hydrogen-bond acceptors (Lipinski definition) is 4. The average Bonchev–Trinajstić information content (AvgIpc) is 3.01. The molecule has 1 aliphatic rings. The van der Waals surface area contributed by atoms with Crippen LogP contribution in [0.3, 0.4) is 0 Å². The van der Waals surface area contributed by atoms with Crippen LogP contribution in [0, 0.1) is 6.92 Å². The highest BCUT2D eigenvalue weighted by molar-refractivity contribution is 5.28. The fourth-order valence-electron chi connectivity index (χ4n) is 2.70. The van der Waals surface area contributed by atoms with Crippen molar-refractivity contribution in [2.45, 2.75) is 44.6 Å². The first kappa shape index (κ1) is 12.4. The molecule has 2 aromatic rings. The maximum absolute atomic E-state index is 9.86. The minimum atomic E-state index is -0.327. The summed E-state index contributed by atoms with van der Waals surface area (Å²) >= 11 is 0. The zero-order valence-electron chi connectivity index (χ0n) is 11.0. The van der Waals surface area contributed by atoms with Gasteiger partial charge in [-0.25, -0.2) is 0 Å². The fourth-order valence-corrected chi connectivity index (χ4v) is 2.70. The molecule has 2 atom stereocenters. The van der Waals surface area contributed by atoms with Crippen molar-refractivity contribution < 1.29 is 9.63 Å². The minimum Gasteiger partial charge on any atom is -0.392 e.